The second-order valence-electron chi connectivity index (χ2n) is 3.62. The van der Waals surface area contributed by atoms with Gasteiger partial charge in [0.1, 0.15) is 0 Å². The third kappa shape index (κ3) is 3.78. The molecule has 2 amide bonds. The molecule has 6 heteroatoms. The summed E-state index contributed by atoms with van der Waals surface area (Å²) in [4.78, 5) is 22.5. The van der Waals surface area contributed by atoms with Gasteiger partial charge in [-0.05, 0) is 25.1 Å². The fourth-order valence-electron chi connectivity index (χ4n) is 1.23. The number of hydrogen-bond acceptors (Lipinski definition) is 2. The molecule has 96 valence electrons. The molecule has 1 aromatic rings. The number of nitrogens with one attached hydrogen (secondary N) is 2. The highest BCUT2D eigenvalue weighted by atomic mass is 35.5. The Hall–Kier alpha value is -2.01. The van der Waals surface area contributed by atoms with E-state index in [1.54, 1.807) is 13.0 Å². The van der Waals surface area contributed by atoms with Gasteiger partial charge in [0.2, 0.25) is 0 Å². The summed E-state index contributed by atoms with van der Waals surface area (Å²) in [5.74, 6) is -1.14. The number of urea groups is 1. The standard InChI is InChI=1S/C12H13ClN2O3/c1-3-7(2)14-12(18)15-10-6-8(13)4-5-9(10)11(16)17/h3-7H,1H2,2H3,(H,16,17)(H2,14,15,18). The van der Waals surface area contributed by atoms with Crippen molar-refractivity contribution >= 4 is 29.3 Å². The number of carbonyl (C=O) groups excluding carboxylic acids is 1. The van der Waals surface area contributed by atoms with Crippen LogP contribution in [-0.4, -0.2) is 23.1 Å². The van der Waals surface area contributed by atoms with Gasteiger partial charge in [0.05, 0.1) is 11.3 Å². The lowest BCUT2D eigenvalue weighted by Crippen LogP contribution is -2.35. The predicted octanol–water partition coefficient (Wildman–Crippen LogP) is 2.73. The minimum atomic E-state index is -1.14. The van der Waals surface area contributed by atoms with Crippen molar-refractivity contribution in [1.82, 2.24) is 5.32 Å². The molecule has 1 atom stereocenters. The van der Waals surface area contributed by atoms with Crippen LogP contribution in [0.1, 0.15) is 17.3 Å². The minimum absolute atomic E-state index is 0.0270. The number of halogens is 1. The van der Waals surface area contributed by atoms with Gasteiger partial charge in [-0.15, -0.1) is 6.58 Å². The normalized spacial score (nSPS) is 11.4. The van der Waals surface area contributed by atoms with Crippen LogP contribution in [0.15, 0.2) is 30.9 Å². The molecular weight excluding hydrogens is 256 g/mol. The molecule has 3 N–H and O–H groups in total. The third-order valence-corrected chi connectivity index (χ3v) is 2.41. The average Bonchev–Trinajstić information content (AvgIpc) is 2.28. The molecule has 0 aromatic heterocycles. The van der Waals surface area contributed by atoms with Crippen molar-refractivity contribution in [3.05, 3.63) is 41.4 Å². The van der Waals surface area contributed by atoms with E-state index in [1.807, 2.05) is 0 Å². The molecule has 0 spiro atoms. The number of rotatable bonds is 4. The van der Waals surface area contributed by atoms with Gasteiger partial charge in [0.25, 0.3) is 0 Å². The summed E-state index contributed by atoms with van der Waals surface area (Å²) >= 11 is 5.76. The van der Waals surface area contributed by atoms with Gasteiger partial charge < -0.3 is 15.7 Å². The number of aromatic carboxylic acids is 1. The van der Waals surface area contributed by atoms with Gasteiger partial charge >= 0.3 is 12.0 Å². The number of carbonyl (C=O) groups is 2. The summed E-state index contributed by atoms with van der Waals surface area (Å²) < 4.78 is 0. The van der Waals surface area contributed by atoms with Crippen molar-refractivity contribution in [2.75, 3.05) is 5.32 Å². The van der Waals surface area contributed by atoms with Crippen LogP contribution in [-0.2, 0) is 0 Å². The Morgan fingerprint density at radius 1 is 1.50 bits per heavy atom. The number of amides is 2. The van der Waals surface area contributed by atoms with Gasteiger partial charge in [-0.3, -0.25) is 0 Å². The maximum atomic E-state index is 11.6. The summed E-state index contributed by atoms with van der Waals surface area (Å²) in [5.41, 5.74) is 0.115. The van der Waals surface area contributed by atoms with E-state index in [2.05, 4.69) is 17.2 Å². The molecule has 0 heterocycles. The predicted molar refractivity (Wildman–Crippen MR) is 70.2 cm³/mol. The molecule has 0 bridgehead atoms. The van der Waals surface area contributed by atoms with E-state index < -0.39 is 12.0 Å². The summed E-state index contributed by atoms with van der Waals surface area (Å²) in [7, 11) is 0. The molecule has 18 heavy (non-hydrogen) atoms. The van der Waals surface area contributed by atoms with Crippen LogP contribution < -0.4 is 10.6 Å². The van der Waals surface area contributed by atoms with Crippen molar-refractivity contribution in [2.45, 2.75) is 13.0 Å². The van der Waals surface area contributed by atoms with Gasteiger partial charge in [0, 0.05) is 11.1 Å². The van der Waals surface area contributed by atoms with E-state index >= 15 is 0 Å². The number of hydrogen-bond donors (Lipinski definition) is 3. The highest BCUT2D eigenvalue weighted by Crippen LogP contribution is 2.21. The molecule has 0 aliphatic carbocycles. The SMILES string of the molecule is C=CC(C)NC(=O)Nc1cc(Cl)ccc1C(=O)O. The third-order valence-electron chi connectivity index (χ3n) is 2.17. The first-order chi connectivity index (χ1) is 8.43. The molecule has 0 saturated heterocycles. The van der Waals surface area contributed by atoms with Crippen LogP contribution in [0.25, 0.3) is 0 Å². The first-order valence-corrected chi connectivity index (χ1v) is 5.54. The first-order valence-electron chi connectivity index (χ1n) is 5.17. The van der Waals surface area contributed by atoms with Gasteiger partial charge in [0.15, 0.2) is 0 Å². The molecule has 1 aromatic carbocycles. The zero-order valence-electron chi connectivity index (χ0n) is 9.74. The molecular formula is C12H13ClN2O3. The Morgan fingerprint density at radius 3 is 2.72 bits per heavy atom. The molecule has 1 rings (SSSR count). The van der Waals surface area contributed by atoms with E-state index in [9.17, 15) is 9.59 Å². The van der Waals surface area contributed by atoms with Crippen LogP contribution in [0.4, 0.5) is 10.5 Å². The Labute approximate surface area is 109 Å². The largest absolute Gasteiger partial charge is 0.478 e. The summed E-state index contributed by atoms with van der Waals surface area (Å²) in [6, 6.07) is 3.41. The average molecular weight is 269 g/mol. The highest BCUT2D eigenvalue weighted by Gasteiger charge is 2.13. The minimum Gasteiger partial charge on any atom is -0.478 e. The van der Waals surface area contributed by atoms with Crippen LogP contribution in [0.5, 0.6) is 0 Å². The Morgan fingerprint density at radius 2 is 2.17 bits per heavy atom. The second kappa shape index (κ2) is 6.07. The van der Waals surface area contributed by atoms with Crippen LogP contribution in [0, 0.1) is 0 Å². The number of carboxylic acids is 1. The van der Waals surface area contributed by atoms with E-state index in [0.717, 1.165) is 0 Å². The summed E-state index contributed by atoms with van der Waals surface area (Å²) in [6.07, 6.45) is 1.55. The fraction of sp³-hybridized carbons (Fsp3) is 0.167. The number of anilines is 1. The van der Waals surface area contributed by atoms with E-state index in [-0.39, 0.29) is 17.3 Å². The topological polar surface area (TPSA) is 78.4 Å². The molecule has 0 saturated carbocycles. The monoisotopic (exact) mass is 268 g/mol. The van der Waals surface area contributed by atoms with Gasteiger partial charge in [-0.1, -0.05) is 17.7 Å². The Kier molecular flexibility index (Phi) is 4.74. The van der Waals surface area contributed by atoms with Crippen molar-refractivity contribution in [1.29, 1.82) is 0 Å². The van der Waals surface area contributed by atoms with Crippen molar-refractivity contribution in [2.24, 2.45) is 0 Å². The van der Waals surface area contributed by atoms with E-state index in [0.29, 0.717) is 5.02 Å². The molecule has 1 unspecified atom stereocenters. The zero-order valence-corrected chi connectivity index (χ0v) is 10.5. The first kappa shape index (κ1) is 14.1. The van der Waals surface area contributed by atoms with Crippen molar-refractivity contribution in [3.8, 4) is 0 Å². The smallest absolute Gasteiger partial charge is 0.337 e. The maximum Gasteiger partial charge on any atom is 0.337 e. The van der Waals surface area contributed by atoms with Crippen LogP contribution >= 0.6 is 11.6 Å². The van der Waals surface area contributed by atoms with E-state index in [1.165, 1.54) is 18.2 Å². The van der Waals surface area contributed by atoms with Crippen molar-refractivity contribution in [3.63, 3.8) is 0 Å². The van der Waals surface area contributed by atoms with Crippen LogP contribution in [0.3, 0.4) is 0 Å². The highest BCUT2D eigenvalue weighted by molar-refractivity contribution is 6.31. The van der Waals surface area contributed by atoms with Crippen molar-refractivity contribution < 1.29 is 14.7 Å². The van der Waals surface area contributed by atoms with Crippen LogP contribution in [0.2, 0.25) is 5.02 Å². The second-order valence-corrected chi connectivity index (χ2v) is 4.05. The number of carboxylic acid groups (broad SMARTS) is 1. The zero-order chi connectivity index (χ0) is 13.7. The molecule has 5 nitrogen and oxygen atoms in total. The lowest BCUT2D eigenvalue weighted by Gasteiger charge is -2.12. The molecule has 0 radical (unpaired) electrons. The molecule has 0 aliphatic heterocycles. The lowest BCUT2D eigenvalue weighted by atomic mass is 10.2. The van der Waals surface area contributed by atoms with E-state index in [4.69, 9.17) is 16.7 Å². The molecule has 0 fully saturated rings. The van der Waals surface area contributed by atoms with Gasteiger partial charge in [-0.2, -0.15) is 0 Å². The molecule has 0 aliphatic rings. The Bertz CT molecular complexity index is 488. The quantitative estimate of drug-likeness (QED) is 0.735. The van der Waals surface area contributed by atoms with Gasteiger partial charge in [-0.25, -0.2) is 9.59 Å². The summed E-state index contributed by atoms with van der Waals surface area (Å²) in [5, 5.41) is 14.3. The summed E-state index contributed by atoms with van der Waals surface area (Å²) in [6.45, 7) is 5.26. The lowest BCUT2D eigenvalue weighted by molar-refractivity contribution is 0.0698. The maximum absolute atomic E-state index is 11.6. The fourth-order valence-corrected chi connectivity index (χ4v) is 1.40. The number of benzene rings is 1. The Balaban J connectivity index is 2.89.